The second kappa shape index (κ2) is 6.07. The van der Waals surface area contributed by atoms with Gasteiger partial charge in [0.25, 0.3) is 0 Å². The summed E-state index contributed by atoms with van der Waals surface area (Å²) in [5.41, 5.74) is 2.21. The topological polar surface area (TPSA) is 33.5 Å². The molecule has 3 aromatic carbocycles. The number of fused-ring (bicyclic) bond motifs is 2. The minimum Gasteiger partial charge on any atom is -0.461 e. The molecular formula is C19H11Br2NO2. The van der Waals surface area contributed by atoms with Crippen molar-refractivity contribution in [2.45, 2.75) is 0 Å². The van der Waals surface area contributed by atoms with Crippen LogP contribution in [0.2, 0.25) is 0 Å². The Morgan fingerprint density at radius 1 is 0.958 bits per heavy atom. The highest BCUT2D eigenvalue weighted by Crippen LogP contribution is 2.38. The molecule has 1 aromatic heterocycles. The zero-order chi connectivity index (χ0) is 16.7. The third-order valence-electron chi connectivity index (χ3n) is 3.95. The SMILES string of the molecule is O=CN(c1ccc2ccccc2c1)c1coc2c(Br)cc(Br)cc12. The molecular weight excluding hydrogens is 434 g/mol. The zero-order valence-electron chi connectivity index (χ0n) is 12.4. The highest BCUT2D eigenvalue weighted by Gasteiger charge is 2.17. The van der Waals surface area contributed by atoms with Crippen molar-refractivity contribution < 1.29 is 9.21 Å². The summed E-state index contributed by atoms with van der Waals surface area (Å²) in [5, 5.41) is 3.07. The van der Waals surface area contributed by atoms with E-state index in [9.17, 15) is 4.79 Å². The Kier molecular flexibility index (Phi) is 3.90. The Hall–Kier alpha value is -2.11. The van der Waals surface area contributed by atoms with Gasteiger partial charge in [0.15, 0.2) is 0 Å². The molecule has 0 saturated carbocycles. The quantitative estimate of drug-likeness (QED) is 0.342. The smallest absolute Gasteiger partial charge is 0.218 e. The Balaban J connectivity index is 1.90. The van der Waals surface area contributed by atoms with Gasteiger partial charge in [0.1, 0.15) is 11.8 Å². The van der Waals surface area contributed by atoms with Gasteiger partial charge in [0.2, 0.25) is 6.41 Å². The third kappa shape index (κ3) is 2.54. The molecule has 4 rings (SSSR count). The second-order valence-electron chi connectivity index (χ2n) is 5.39. The standard InChI is InChI=1S/C19H11Br2NO2/c20-14-8-16-18(10-24-19(16)17(21)9-14)22(11-23)15-6-5-12-3-1-2-4-13(12)7-15/h1-11H. The number of anilines is 2. The highest BCUT2D eigenvalue weighted by molar-refractivity contribution is 9.11. The minimum atomic E-state index is 0.706. The van der Waals surface area contributed by atoms with Gasteiger partial charge in [-0.3, -0.25) is 9.69 Å². The van der Waals surface area contributed by atoms with Crippen molar-refractivity contribution in [2.75, 3.05) is 4.90 Å². The van der Waals surface area contributed by atoms with Crippen molar-refractivity contribution in [3.63, 3.8) is 0 Å². The molecule has 1 heterocycles. The predicted molar refractivity (Wildman–Crippen MR) is 104 cm³/mol. The number of furan rings is 1. The number of benzene rings is 3. The lowest BCUT2D eigenvalue weighted by atomic mass is 10.1. The first-order valence-corrected chi connectivity index (χ1v) is 8.85. The molecule has 118 valence electrons. The van der Waals surface area contributed by atoms with E-state index in [0.717, 1.165) is 37.2 Å². The van der Waals surface area contributed by atoms with Crippen LogP contribution in [0.5, 0.6) is 0 Å². The Bertz CT molecular complexity index is 1070. The normalized spacial score (nSPS) is 11.1. The molecule has 0 atom stereocenters. The molecule has 3 nitrogen and oxygen atoms in total. The molecule has 0 fully saturated rings. The molecule has 0 aliphatic rings. The third-order valence-corrected chi connectivity index (χ3v) is 5.00. The van der Waals surface area contributed by atoms with E-state index >= 15 is 0 Å². The van der Waals surface area contributed by atoms with Crippen LogP contribution in [0.25, 0.3) is 21.7 Å². The molecule has 0 spiro atoms. The van der Waals surface area contributed by atoms with Gasteiger partial charge in [0.05, 0.1) is 10.2 Å². The van der Waals surface area contributed by atoms with Gasteiger partial charge in [-0.25, -0.2) is 0 Å². The molecule has 0 aliphatic heterocycles. The van der Waals surface area contributed by atoms with E-state index in [1.807, 2.05) is 54.6 Å². The number of carbonyl (C=O) groups excluding carboxylic acids is 1. The van der Waals surface area contributed by atoms with Crippen LogP contribution in [0.15, 0.2) is 74.2 Å². The first-order valence-electron chi connectivity index (χ1n) is 7.27. The summed E-state index contributed by atoms with van der Waals surface area (Å²) in [5.74, 6) is 0. The summed E-state index contributed by atoms with van der Waals surface area (Å²) in [7, 11) is 0. The number of rotatable bonds is 3. The molecule has 0 unspecified atom stereocenters. The van der Waals surface area contributed by atoms with E-state index in [4.69, 9.17) is 4.42 Å². The Morgan fingerprint density at radius 3 is 2.54 bits per heavy atom. The van der Waals surface area contributed by atoms with Gasteiger partial charge < -0.3 is 4.42 Å². The number of nitrogens with zero attached hydrogens (tertiary/aromatic N) is 1. The molecule has 0 radical (unpaired) electrons. The lowest BCUT2D eigenvalue weighted by molar-refractivity contribution is -0.106. The van der Waals surface area contributed by atoms with Gasteiger partial charge in [-0.1, -0.05) is 46.3 Å². The number of amides is 1. The zero-order valence-corrected chi connectivity index (χ0v) is 15.5. The van der Waals surface area contributed by atoms with Crippen molar-refractivity contribution in [1.82, 2.24) is 0 Å². The molecule has 5 heteroatoms. The van der Waals surface area contributed by atoms with Crippen LogP contribution < -0.4 is 4.90 Å². The van der Waals surface area contributed by atoms with Crippen molar-refractivity contribution in [3.8, 4) is 0 Å². The van der Waals surface area contributed by atoms with Crippen LogP contribution in [0, 0.1) is 0 Å². The van der Waals surface area contributed by atoms with Crippen LogP contribution in [-0.2, 0) is 4.79 Å². The van der Waals surface area contributed by atoms with Crippen LogP contribution >= 0.6 is 31.9 Å². The van der Waals surface area contributed by atoms with Crippen molar-refractivity contribution in [2.24, 2.45) is 0 Å². The fourth-order valence-corrected chi connectivity index (χ4v) is 4.14. The first-order chi connectivity index (χ1) is 11.7. The van der Waals surface area contributed by atoms with E-state index in [1.165, 1.54) is 0 Å². The Morgan fingerprint density at radius 2 is 1.75 bits per heavy atom. The number of hydrogen-bond acceptors (Lipinski definition) is 2. The molecule has 0 bridgehead atoms. The molecule has 0 N–H and O–H groups in total. The van der Waals surface area contributed by atoms with E-state index in [-0.39, 0.29) is 0 Å². The van der Waals surface area contributed by atoms with Crippen LogP contribution in [0.3, 0.4) is 0 Å². The van der Waals surface area contributed by atoms with E-state index in [2.05, 4.69) is 31.9 Å². The summed E-state index contributed by atoms with van der Waals surface area (Å²) >= 11 is 6.97. The second-order valence-corrected chi connectivity index (χ2v) is 7.16. The maximum Gasteiger partial charge on any atom is 0.218 e. The van der Waals surface area contributed by atoms with Gasteiger partial charge >= 0.3 is 0 Å². The first kappa shape index (κ1) is 15.4. The number of hydrogen-bond donors (Lipinski definition) is 0. The largest absolute Gasteiger partial charge is 0.461 e. The van der Waals surface area contributed by atoms with Crippen molar-refractivity contribution in [3.05, 3.63) is 69.8 Å². The summed E-state index contributed by atoms with van der Waals surface area (Å²) in [6, 6.07) is 17.9. The Labute approximate surface area is 155 Å². The van der Waals surface area contributed by atoms with Crippen molar-refractivity contribution in [1.29, 1.82) is 0 Å². The molecule has 24 heavy (non-hydrogen) atoms. The average Bonchev–Trinajstić information content (AvgIpc) is 2.99. The van der Waals surface area contributed by atoms with E-state index in [0.29, 0.717) is 11.3 Å². The number of halogens is 2. The lowest BCUT2D eigenvalue weighted by Crippen LogP contribution is -2.13. The van der Waals surface area contributed by atoms with E-state index in [1.54, 1.807) is 11.2 Å². The van der Waals surface area contributed by atoms with Gasteiger partial charge in [-0.2, -0.15) is 0 Å². The fourth-order valence-electron chi connectivity index (χ4n) is 2.82. The van der Waals surface area contributed by atoms with Gasteiger partial charge in [0, 0.05) is 15.5 Å². The average molecular weight is 445 g/mol. The fraction of sp³-hybridized carbons (Fsp3) is 0. The van der Waals surface area contributed by atoms with Crippen molar-refractivity contribution >= 4 is 71.4 Å². The molecule has 0 aliphatic carbocycles. The summed E-state index contributed by atoms with van der Waals surface area (Å²) in [6.07, 6.45) is 2.41. The minimum absolute atomic E-state index is 0.706. The summed E-state index contributed by atoms with van der Waals surface area (Å²) < 4.78 is 7.40. The van der Waals surface area contributed by atoms with Crippen LogP contribution in [0.4, 0.5) is 11.4 Å². The van der Waals surface area contributed by atoms with Crippen LogP contribution in [0.1, 0.15) is 0 Å². The molecule has 0 saturated heterocycles. The molecule has 4 aromatic rings. The monoisotopic (exact) mass is 443 g/mol. The molecule has 1 amide bonds. The number of carbonyl (C=O) groups is 1. The lowest BCUT2D eigenvalue weighted by Gasteiger charge is -2.16. The predicted octanol–water partition coefficient (Wildman–Crippen LogP) is 6.41. The van der Waals surface area contributed by atoms with Gasteiger partial charge in [-0.15, -0.1) is 0 Å². The maximum atomic E-state index is 11.8. The summed E-state index contributed by atoms with van der Waals surface area (Å²) in [6.45, 7) is 0. The van der Waals surface area contributed by atoms with E-state index < -0.39 is 0 Å². The maximum absolute atomic E-state index is 11.8. The highest BCUT2D eigenvalue weighted by atomic mass is 79.9. The summed E-state index contributed by atoms with van der Waals surface area (Å²) in [4.78, 5) is 13.4. The van der Waals surface area contributed by atoms with Crippen LogP contribution in [-0.4, -0.2) is 6.41 Å². The van der Waals surface area contributed by atoms with Gasteiger partial charge in [-0.05, 0) is 51.0 Å².